The summed E-state index contributed by atoms with van der Waals surface area (Å²) in [5, 5.41) is 19.1. The van der Waals surface area contributed by atoms with Crippen molar-refractivity contribution in [2.24, 2.45) is 0 Å². The molecule has 2 N–H and O–H groups in total. The molecule has 28 heavy (non-hydrogen) atoms. The lowest BCUT2D eigenvalue weighted by Crippen LogP contribution is -2.27. The third-order valence-electron chi connectivity index (χ3n) is 4.04. The number of nitrogens with zero attached hydrogens (tertiary/aromatic N) is 5. The van der Waals surface area contributed by atoms with Crippen LogP contribution in [0.25, 0.3) is 0 Å². The Kier molecular flexibility index (Phi) is 6.72. The predicted molar refractivity (Wildman–Crippen MR) is 107 cm³/mol. The number of aliphatic hydroxyl groups excluding tert-OH is 2. The first kappa shape index (κ1) is 19.5. The molecule has 0 aliphatic rings. The second kappa shape index (κ2) is 9.63. The van der Waals surface area contributed by atoms with Gasteiger partial charge in [-0.2, -0.15) is 15.0 Å². The van der Waals surface area contributed by atoms with Crippen molar-refractivity contribution < 1.29 is 14.9 Å². The Morgan fingerprint density at radius 2 is 1.14 bits per heavy atom. The van der Waals surface area contributed by atoms with Gasteiger partial charge in [-0.15, -0.1) is 0 Å². The number of methoxy groups -OCH3 is 1. The minimum Gasteiger partial charge on any atom is -0.467 e. The molecule has 0 aliphatic heterocycles. The van der Waals surface area contributed by atoms with E-state index in [1.54, 1.807) is 9.80 Å². The first-order chi connectivity index (χ1) is 13.8. The van der Waals surface area contributed by atoms with Crippen LogP contribution in [0, 0.1) is 0 Å². The predicted octanol–water partition coefficient (Wildman–Crippen LogP) is 2.14. The lowest BCUT2D eigenvalue weighted by atomic mass is 10.3. The van der Waals surface area contributed by atoms with E-state index in [1.165, 1.54) is 7.11 Å². The molecule has 3 rings (SSSR count). The molecule has 0 bridgehead atoms. The van der Waals surface area contributed by atoms with Crippen molar-refractivity contribution in [3.63, 3.8) is 0 Å². The number of hydrogen-bond donors (Lipinski definition) is 2. The highest BCUT2D eigenvalue weighted by Gasteiger charge is 2.19. The van der Waals surface area contributed by atoms with E-state index < -0.39 is 0 Å². The van der Waals surface area contributed by atoms with Crippen LogP contribution in [0.3, 0.4) is 0 Å². The summed E-state index contributed by atoms with van der Waals surface area (Å²) in [6, 6.07) is 19.2. The summed E-state index contributed by atoms with van der Waals surface area (Å²) in [5.41, 5.74) is 1.67. The van der Waals surface area contributed by atoms with Gasteiger partial charge in [0, 0.05) is 24.5 Å². The van der Waals surface area contributed by atoms with Gasteiger partial charge in [-0.3, -0.25) is 0 Å². The maximum Gasteiger partial charge on any atom is 0.322 e. The van der Waals surface area contributed by atoms with Gasteiger partial charge in [0.15, 0.2) is 0 Å². The van der Waals surface area contributed by atoms with Gasteiger partial charge >= 0.3 is 6.01 Å². The molecular formula is C20H23N5O3. The average molecular weight is 381 g/mol. The Morgan fingerprint density at radius 3 is 1.50 bits per heavy atom. The minimum atomic E-state index is -0.0722. The van der Waals surface area contributed by atoms with Crippen LogP contribution in [0.2, 0.25) is 0 Å². The highest BCUT2D eigenvalue weighted by Crippen LogP contribution is 2.27. The first-order valence-electron chi connectivity index (χ1n) is 8.93. The zero-order valence-corrected chi connectivity index (χ0v) is 15.6. The zero-order chi connectivity index (χ0) is 19.8. The van der Waals surface area contributed by atoms with Gasteiger partial charge in [0.05, 0.1) is 20.3 Å². The van der Waals surface area contributed by atoms with Gasteiger partial charge in [0.2, 0.25) is 11.9 Å². The van der Waals surface area contributed by atoms with Crippen molar-refractivity contribution in [1.82, 2.24) is 15.0 Å². The summed E-state index contributed by atoms with van der Waals surface area (Å²) in [5.74, 6) is 0.696. The topological polar surface area (TPSA) is 94.8 Å². The van der Waals surface area contributed by atoms with E-state index in [1.807, 2.05) is 60.7 Å². The number of rotatable bonds is 9. The number of ether oxygens (including phenoxy) is 1. The molecule has 8 heteroatoms. The lowest BCUT2D eigenvalue weighted by Gasteiger charge is -2.25. The molecule has 0 atom stereocenters. The summed E-state index contributed by atoms with van der Waals surface area (Å²) in [7, 11) is 1.49. The summed E-state index contributed by atoms with van der Waals surface area (Å²) in [6.45, 7) is 0.471. The molecule has 0 saturated carbocycles. The molecule has 0 radical (unpaired) electrons. The van der Waals surface area contributed by atoms with Crippen LogP contribution in [-0.2, 0) is 0 Å². The van der Waals surface area contributed by atoms with Gasteiger partial charge < -0.3 is 24.7 Å². The maximum atomic E-state index is 9.54. The summed E-state index contributed by atoms with van der Waals surface area (Å²) in [6.07, 6.45) is 0. The quantitative estimate of drug-likeness (QED) is 0.582. The smallest absolute Gasteiger partial charge is 0.322 e. The van der Waals surface area contributed by atoms with E-state index >= 15 is 0 Å². The molecule has 1 heterocycles. The van der Waals surface area contributed by atoms with Crippen LogP contribution < -0.4 is 14.5 Å². The number of aliphatic hydroxyl groups is 2. The second-order valence-electron chi connectivity index (χ2n) is 5.84. The second-order valence-corrected chi connectivity index (χ2v) is 5.84. The van der Waals surface area contributed by atoms with Crippen molar-refractivity contribution in [2.75, 3.05) is 43.2 Å². The van der Waals surface area contributed by atoms with E-state index in [2.05, 4.69) is 15.0 Å². The molecule has 0 unspecified atom stereocenters. The van der Waals surface area contributed by atoms with Gasteiger partial charge in [0.1, 0.15) is 0 Å². The zero-order valence-electron chi connectivity index (χ0n) is 15.6. The van der Waals surface area contributed by atoms with Crippen LogP contribution in [0.1, 0.15) is 0 Å². The Bertz CT molecular complexity index is 796. The van der Waals surface area contributed by atoms with Crippen LogP contribution in [0.5, 0.6) is 6.01 Å². The molecule has 2 aromatic carbocycles. The van der Waals surface area contributed by atoms with E-state index in [0.717, 1.165) is 11.4 Å². The average Bonchev–Trinajstić information content (AvgIpc) is 2.76. The fourth-order valence-electron chi connectivity index (χ4n) is 2.77. The number of hydrogen-bond acceptors (Lipinski definition) is 8. The summed E-state index contributed by atoms with van der Waals surface area (Å²) >= 11 is 0. The molecule has 0 amide bonds. The monoisotopic (exact) mass is 381 g/mol. The molecule has 0 spiro atoms. The third kappa shape index (κ3) is 4.54. The van der Waals surface area contributed by atoms with Gasteiger partial charge in [-0.05, 0) is 24.3 Å². The molecule has 0 fully saturated rings. The van der Waals surface area contributed by atoms with Crippen LogP contribution in [-0.4, -0.2) is 58.6 Å². The van der Waals surface area contributed by atoms with Gasteiger partial charge in [0.25, 0.3) is 0 Å². The van der Waals surface area contributed by atoms with E-state index in [-0.39, 0.29) is 19.2 Å². The SMILES string of the molecule is COc1nc(N(CCO)c2ccccc2)nc(N(CCO)c2ccccc2)n1. The standard InChI is InChI=1S/C20H23N5O3/c1-28-20-22-18(24(12-14-26)16-8-4-2-5-9-16)21-19(23-20)25(13-15-27)17-10-6-3-7-11-17/h2-11,26-27H,12-15H2,1H3. The van der Waals surface area contributed by atoms with E-state index in [9.17, 15) is 10.2 Å². The number of para-hydroxylation sites is 2. The van der Waals surface area contributed by atoms with Crippen molar-refractivity contribution in [3.8, 4) is 6.01 Å². The summed E-state index contributed by atoms with van der Waals surface area (Å²) < 4.78 is 5.28. The Hall–Kier alpha value is -3.23. The molecular weight excluding hydrogens is 358 g/mol. The minimum absolute atomic E-state index is 0.0722. The highest BCUT2D eigenvalue weighted by molar-refractivity contribution is 5.61. The fourth-order valence-corrected chi connectivity index (χ4v) is 2.77. The van der Waals surface area contributed by atoms with E-state index in [4.69, 9.17) is 4.74 Å². The van der Waals surface area contributed by atoms with Gasteiger partial charge in [-0.25, -0.2) is 0 Å². The van der Waals surface area contributed by atoms with Crippen molar-refractivity contribution in [3.05, 3.63) is 60.7 Å². The van der Waals surface area contributed by atoms with Gasteiger partial charge in [-0.1, -0.05) is 36.4 Å². The van der Waals surface area contributed by atoms with E-state index in [0.29, 0.717) is 25.0 Å². The Balaban J connectivity index is 2.07. The van der Waals surface area contributed by atoms with Crippen molar-refractivity contribution >= 4 is 23.3 Å². The number of aromatic nitrogens is 3. The van der Waals surface area contributed by atoms with Crippen molar-refractivity contribution in [2.45, 2.75) is 0 Å². The first-order valence-corrected chi connectivity index (χ1v) is 8.93. The molecule has 0 saturated heterocycles. The Labute approximate surface area is 163 Å². The van der Waals surface area contributed by atoms with Crippen molar-refractivity contribution in [1.29, 1.82) is 0 Å². The maximum absolute atomic E-state index is 9.54. The molecule has 1 aromatic heterocycles. The molecule has 3 aromatic rings. The number of anilines is 4. The largest absolute Gasteiger partial charge is 0.467 e. The third-order valence-corrected chi connectivity index (χ3v) is 4.04. The fraction of sp³-hybridized carbons (Fsp3) is 0.250. The number of benzene rings is 2. The normalized spacial score (nSPS) is 10.5. The van der Waals surface area contributed by atoms with Crippen LogP contribution >= 0.6 is 0 Å². The van der Waals surface area contributed by atoms with Crippen LogP contribution in [0.4, 0.5) is 23.3 Å². The molecule has 0 aliphatic carbocycles. The molecule has 8 nitrogen and oxygen atoms in total. The molecule has 146 valence electrons. The highest BCUT2D eigenvalue weighted by atomic mass is 16.5. The van der Waals surface area contributed by atoms with Crippen LogP contribution in [0.15, 0.2) is 60.7 Å². The summed E-state index contributed by atoms with van der Waals surface area (Å²) in [4.78, 5) is 16.9. The lowest BCUT2D eigenvalue weighted by molar-refractivity contribution is 0.304. The Morgan fingerprint density at radius 1 is 0.714 bits per heavy atom.